The van der Waals surface area contributed by atoms with Crippen LogP contribution in [0.2, 0.25) is 0 Å². The summed E-state index contributed by atoms with van der Waals surface area (Å²) in [5.41, 5.74) is 1.23. The molecule has 2 atom stereocenters. The molecule has 8 heteroatoms. The standard InChI is InChI=1S/C18H19FN2O4S/c1-11-15(26-10-20-11)16(23)21-7-6-14(22)18(9-21,17(24)25)8-12-2-4-13(19)5-3-12/h2-5,10,14,22H,6-9H2,1H3,(H,24,25)/t14-,18-/m1/s1. The number of nitrogens with zero attached hydrogens (tertiary/aromatic N) is 2. The molecule has 1 fully saturated rings. The van der Waals surface area contributed by atoms with Crippen molar-refractivity contribution in [2.24, 2.45) is 5.41 Å². The van der Waals surface area contributed by atoms with Gasteiger partial charge in [-0.15, -0.1) is 11.3 Å². The topological polar surface area (TPSA) is 90.7 Å². The van der Waals surface area contributed by atoms with E-state index in [0.717, 1.165) is 0 Å². The summed E-state index contributed by atoms with van der Waals surface area (Å²) < 4.78 is 13.1. The summed E-state index contributed by atoms with van der Waals surface area (Å²) >= 11 is 1.21. The van der Waals surface area contributed by atoms with Crippen LogP contribution >= 0.6 is 11.3 Å². The highest BCUT2D eigenvalue weighted by atomic mass is 32.1. The number of aliphatic hydroxyl groups is 1. The first kappa shape index (κ1) is 18.5. The number of aliphatic carboxylic acids is 1. The Morgan fingerprint density at radius 1 is 1.38 bits per heavy atom. The molecule has 2 heterocycles. The van der Waals surface area contributed by atoms with E-state index in [-0.39, 0.29) is 31.8 Å². The maximum atomic E-state index is 13.1. The maximum absolute atomic E-state index is 13.1. The van der Waals surface area contributed by atoms with E-state index in [4.69, 9.17) is 0 Å². The quantitative estimate of drug-likeness (QED) is 0.850. The third-order valence-electron chi connectivity index (χ3n) is 4.87. The molecule has 0 aliphatic carbocycles. The normalized spacial score (nSPS) is 23.0. The number of aryl methyl sites for hydroxylation is 1. The number of benzene rings is 1. The Balaban J connectivity index is 1.90. The zero-order valence-corrected chi connectivity index (χ0v) is 15.0. The minimum absolute atomic E-state index is 0.00916. The molecule has 1 amide bonds. The maximum Gasteiger partial charge on any atom is 0.314 e. The summed E-state index contributed by atoms with van der Waals surface area (Å²) in [7, 11) is 0. The van der Waals surface area contributed by atoms with Gasteiger partial charge >= 0.3 is 5.97 Å². The van der Waals surface area contributed by atoms with E-state index in [2.05, 4.69) is 4.98 Å². The molecule has 1 aliphatic heterocycles. The molecule has 6 nitrogen and oxygen atoms in total. The molecule has 138 valence electrons. The zero-order chi connectivity index (χ0) is 18.9. The number of carbonyl (C=O) groups is 2. The van der Waals surface area contributed by atoms with E-state index in [9.17, 15) is 24.2 Å². The lowest BCUT2D eigenvalue weighted by Gasteiger charge is -2.43. The first-order valence-electron chi connectivity index (χ1n) is 8.19. The SMILES string of the molecule is Cc1ncsc1C(=O)N1CC[C@@H](O)[C@](Cc2ccc(F)cc2)(C(=O)O)C1. The number of amides is 1. The molecule has 1 saturated heterocycles. The van der Waals surface area contributed by atoms with Gasteiger partial charge in [-0.25, -0.2) is 9.37 Å². The Bertz CT molecular complexity index is 823. The molecular weight excluding hydrogens is 359 g/mol. The number of carboxylic acid groups (broad SMARTS) is 1. The van der Waals surface area contributed by atoms with Crippen LogP contribution in [-0.4, -0.2) is 51.2 Å². The van der Waals surface area contributed by atoms with Crippen molar-refractivity contribution in [3.8, 4) is 0 Å². The number of hydrogen-bond donors (Lipinski definition) is 2. The summed E-state index contributed by atoms with van der Waals surface area (Å²) in [5, 5.41) is 20.4. The van der Waals surface area contributed by atoms with E-state index in [0.29, 0.717) is 16.1 Å². The summed E-state index contributed by atoms with van der Waals surface area (Å²) in [6.45, 7) is 1.89. The van der Waals surface area contributed by atoms with Gasteiger partial charge in [0.15, 0.2) is 0 Å². The summed E-state index contributed by atoms with van der Waals surface area (Å²) in [6.07, 6.45) is -0.927. The predicted molar refractivity (Wildman–Crippen MR) is 93.6 cm³/mol. The number of carbonyl (C=O) groups excluding carboxylic acids is 1. The fourth-order valence-corrected chi connectivity index (χ4v) is 4.10. The number of hydrogen-bond acceptors (Lipinski definition) is 5. The van der Waals surface area contributed by atoms with Gasteiger partial charge in [-0.05, 0) is 37.5 Å². The average molecular weight is 378 g/mol. The van der Waals surface area contributed by atoms with Crippen molar-refractivity contribution in [1.29, 1.82) is 0 Å². The van der Waals surface area contributed by atoms with Crippen molar-refractivity contribution >= 4 is 23.2 Å². The third kappa shape index (κ3) is 3.34. The van der Waals surface area contributed by atoms with Crippen molar-refractivity contribution in [2.75, 3.05) is 13.1 Å². The highest BCUT2D eigenvalue weighted by molar-refractivity contribution is 7.11. The smallest absolute Gasteiger partial charge is 0.314 e. The second kappa shape index (κ2) is 7.13. The molecule has 26 heavy (non-hydrogen) atoms. The lowest BCUT2D eigenvalue weighted by Crippen LogP contribution is -2.58. The second-order valence-electron chi connectivity index (χ2n) is 6.56. The Labute approximate surface area is 153 Å². The van der Waals surface area contributed by atoms with Crippen LogP contribution in [0.3, 0.4) is 0 Å². The number of halogens is 1. The van der Waals surface area contributed by atoms with Gasteiger partial charge in [0, 0.05) is 13.1 Å². The van der Waals surface area contributed by atoms with Gasteiger partial charge < -0.3 is 15.1 Å². The van der Waals surface area contributed by atoms with Crippen molar-refractivity contribution < 1.29 is 24.2 Å². The van der Waals surface area contributed by atoms with Gasteiger partial charge in [-0.2, -0.15) is 0 Å². The Kier molecular flexibility index (Phi) is 5.06. The van der Waals surface area contributed by atoms with Crippen LogP contribution in [-0.2, 0) is 11.2 Å². The predicted octanol–water partition coefficient (Wildman–Crippen LogP) is 2.11. The highest BCUT2D eigenvalue weighted by Crippen LogP contribution is 2.35. The van der Waals surface area contributed by atoms with Gasteiger partial charge in [-0.3, -0.25) is 9.59 Å². The fourth-order valence-electron chi connectivity index (χ4n) is 3.33. The van der Waals surface area contributed by atoms with Gasteiger partial charge in [0.2, 0.25) is 0 Å². The minimum atomic E-state index is -1.54. The summed E-state index contributed by atoms with van der Waals surface area (Å²) in [6, 6.07) is 5.51. The van der Waals surface area contributed by atoms with E-state index in [1.807, 2.05) is 0 Å². The molecule has 3 rings (SSSR count). The largest absolute Gasteiger partial charge is 0.481 e. The Hall–Kier alpha value is -2.32. The second-order valence-corrected chi connectivity index (χ2v) is 7.42. The molecule has 2 aromatic rings. The average Bonchev–Trinajstić information content (AvgIpc) is 3.04. The lowest BCUT2D eigenvalue weighted by molar-refractivity contribution is -0.161. The molecule has 1 aromatic heterocycles. The fraction of sp³-hybridized carbons (Fsp3) is 0.389. The third-order valence-corrected chi connectivity index (χ3v) is 5.79. The van der Waals surface area contributed by atoms with Crippen LogP contribution in [0.25, 0.3) is 0 Å². The van der Waals surface area contributed by atoms with Crippen molar-refractivity contribution in [3.05, 3.63) is 51.7 Å². The van der Waals surface area contributed by atoms with Gasteiger partial charge in [0.1, 0.15) is 16.1 Å². The number of piperidine rings is 1. The molecular formula is C18H19FN2O4S. The van der Waals surface area contributed by atoms with Crippen LogP contribution in [0.1, 0.15) is 27.3 Å². The van der Waals surface area contributed by atoms with Crippen LogP contribution in [0.15, 0.2) is 29.8 Å². The molecule has 0 saturated carbocycles. The highest BCUT2D eigenvalue weighted by Gasteiger charge is 2.50. The number of thiazole rings is 1. The van der Waals surface area contributed by atoms with Gasteiger partial charge in [0.25, 0.3) is 5.91 Å². The number of aromatic nitrogens is 1. The Morgan fingerprint density at radius 2 is 2.08 bits per heavy atom. The van der Waals surface area contributed by atoms with E-state index < -0.39 is 23.3 Å². The number of aliphatic hydroxyl groups excluding tert-OH is 1. The molecule has 0 spiro atoms. The number of carboxylic acids is 1. The van der Waals surface area contributed by atoms with Crippen molar-refractivity contribution in [1.82, 2.24) is 9.88 Å². The van der Waals surface area contributed by atoms with Crippen LogP contribution in [0.4, 0.5) is 4.39 Å². The number of rotatable bonds is 4. The van der Waals surface area contributed by atoms with Crippen LogP contribution in [0, 0.1) is 18.2 Å². The van der Waals surface area contributed by atoms with E-state index >= 15 is 0 Å². The Morgan fingerprint density at radius 3 is 2.65 bits per heavy atom. The molecule has 0 radical (unpaired) electrons. The van der Waals surface area contributed by atoms with E-state index in [1.165, 1.54) is 40.5 Å². The monoisotopic (exact) mass is 378 g/mol. The lowest BCUT2D eigenvalue weighted by atomic mass is 9.72. The van der Waals surface area contributed by atoms with Crippen LogP contribution in [0.5, 0.6) is 0 Å². The molecule has 1 aromatic carbocycles. The van der Waals surface area contributed by atoms with Crippen molar-refractivity contribution in [3.63, 3.8) is 0 Å². The van der Waals surface area contributed by atoms with E-state index in [1.54, 1.807) is 12.4 Å². The minimum Gasteiger partial charge on any atom is -0.481 e. The van der Waals surface area contributed by atoms with Gasteiger partial charge in [-0.1, -0.05) is 12.1 Å². The summed E-state index contributed by atoms with van der Waals surface area (Å²) in [4.78, 5) is 30.9. The molecule has 1 aliphatic rings. The first-order chi connectivity index (χ1) is 12.3. The molecule has 0 unspecified atom stereocenters. The first-order valence-corrected chi connectivity index (χ1v) is 9.07. The van der Waals surface area contributed by atoms with Gasteiger partial charge in [0.05, 0.1) is 17.3 Å². The van der Waals surface area contributed by atoms with Crippen molar-refractivity contribution in [2.45, 2.75) is 25.9 Å². The van der Waals surface area contributed by atoms with Crippen LogP contribution < -0.4 is 0 Å². The number of likely N-dealkylation sites (tertiary alicyclic amines) is 1. The zero-order valence-electron chi connectivity index (χ0n) is 14.2. The molecule has 2 N–H and O–H groups in total. The summed E-state index contributed by atoms with van der Waals surface area (Å²) in [5.74, 6) is -1.87. The molecule has 0 bridgehead atoms.